The van der Waals surface area contributed by atoms with E-state index >= 15 is 0 Å². The summed E-state index contributed by atoms with van der Waals surface area (Å²) >= 11 is 1.88. The van der Waals surface area contributed by atoms with Crippen LogP contribution in [-0.2, 0) is 9.47 Å². The molecule has 0 radical (unpaired) electrons. The molecule has 0 bridgehead atoms. The molecular weight excluding hydrogens is 252 g/mol. The standard InChI is InChI=1S/C12H22N2O3S/c1-16-12(4-7-18-9-12)8-13-11(15)14-10-2-5-17-6-3-10/h10H,2-9H2,1H3,(H2,13,14,15)/t12-/m0/s1. The van der Waals surface area contributed by atoms with Gasteiger partial charge in [-0.1, -0.05) is 0 Å². The zero-order valence-electron chi connectivity index (χ0n) is 10.9. The summed E-state index contributed by atoms with van der Waals surface area (Å²) in [5.74, 6) is 2.07. The van der Waals surface area contributed by atoms with E-state index < -0.39 is 0 Å². The van der Waals surface area contributed by atoms with E-state index in [2.05, 4.69) is 10.6 Å². The summed E-state index contributed by atoms with van der Waals surface area (Å²) in [4.78, 5) is 11.8. The van der Waals surface area contributed by atoms with Crippen LogP contribution in [0.15, 0.2) is 0 Å². The first-order chi connectivity index (χ1) is 8.74. The number of nitrogens with one attached hydrogen (secondary N) is 2. The Kier molecular flexibility index (Phi) is 5.14. The lowest BCUT2D eigenvalue weighted by molar-refractivity contribution is 0.0154. The Morgan fingerprint density at radius 3 is 2.89 bits per heavy atom. The molecule has 2 aliphatic rings. The van der Waals surface area contributed by atoms with Gasteiger partial charge < -0.3 is 20.1 Å². The van der Waals surface area contributed by atoms with Gasteiger partial charge in [0.25, 0.3) is 0 Å². The van der Waals surface area contributed by atoms with Crippen LogP contribution in [0, 0.1) is 0 Å². The van der Waals surface area contributed by atoms with Gasteiger partial charge in [0.05, 0.1) is 5.60 Å². The number of amides is 2. The molecule has 2 fully saturated rings. The molecule has 2 heterocycles. The van der Waals surface area contributed by atoms with Crippen molar-refractivity contribution in [2.24, 2.45) is 0 Å². The number of hydrogen-bond donors (Lipinski definition) is 2. The number of rotatable bonds is 4. The van der Waals surface area contributed by atoms with Gasteiger partial charge in [-0.25, -0.2) is 4.79 Å². The largest absolute Gasteiger partial charge is 0.381 e. The highest BCUT2D eigenvalue weighted by Crippen LogP contribution is 2.30. The molecule has 1 atom stereocenters. The minimum absolute atomic E-state index is 0.0878. The highest BCUT2D eigenvalue weighted by Gasteiger charge is 2.34. The van der Waals surface area contributed by atoms with Gasteiger partial charge in [0, 0.05) is 38.7 Å². The van der Waals surface area contributed by atoms with Crippen molar-refractivity contribution >= 4 is 17.8 Å². The average Bonchev–Trinajstić information content (AvgIpc) is 2.87. The van der Waals surface area contributed by atoms with E-state index in [0.717, 1.165) is 44.0 Å². The minimum atomic E-state index is -0.169. The molecule has 2 rings (SSSR count). The number of hydrogen-bond acceptors (Lipinski definition) is 4. The van der Waals surface area contributed by atoms with Gasteiger partial charge in [0.15, 0.2) is 0 Å². The Labute approximate surface area is 112 Å². The van der Waals surface area contributed by atoms with Gasteiger partial charge in [-0.15, -0.1) is 0 Å². The number of carbonyl (C=O) groups excluding carboxylic acids is 1. The Bertz CT molecular complexity index is 276. The topological polar surface area (TPSA) is 59.6 Å². The molecule has 0 saturated carbocycles. The Balaban J connectivity index is 1.70. The molecule has 2 aliphatic heterocycles. The SMILES string of the molecule is CO[C@]1(CNC(=O)NC2CCOCC2)CCSC1. The predicted molar refractivity (Wildman–Crippen MR) is 72.1 cm³/mol. The van der Waals surface area contributed by atoms with E-state index in [1.165, 1.54) is 0 Å². The summed E-state index contributed by atoms with van der Waals surface area (Å²) < 4.78 is 10.8. The van der Waals surface area contributed by atoms with Crippen LogP contribution in [0.1, 0.15) is 19.3 Å². The van der Waals surface area contributed by atoms with Gasteiger partial charge >= 0.3 is 6.03 Å². The molecule has 0 aromatic rings. The first-order valence-electron chi connectivity index (χ1n) is 6.49. The zero-order valence-corrected chi connectivity index (χ0v) is 11.7. The molecule has 2 N–H and O–H groups in total. The maximum atomic E-state index is 11.8. The maximum Gasteiger partial charge on any atom is 0.315 e. The lowest BCUT2D eigenvalue weighted by Crippen LogP contribution is -2.50. The van der Waals surface area contributed by atoms with E-state index in [9.17, 15) is 4.79 Å². The Morgan fingerprint density at radius 1 is 1.50 bits per heavy atom. The predicted octanol–water partition coefficient (Wildman–Crippen LogP) is 0.987. The molecule has 2 saturated heterocycles. The monoisotopic (exact) mass is 274 g/mol. The quantitative estimate of drug-likeness (QED) is 0.802. The summed E-state index contributed by atoms with van der Waals surface area (Å²) in [6.45, 7) is 2.07. The van der Waals surface area contributed by atoms with E-state index in [0.29, 0.717) is 6.54 Å². The average molecular weight is 274 g/mol. The number of methoxy groups -OCH3 is 1. The summed E-state index contributed by atoms with van der Waals surface area (Å²) in [5, 5.41) is 5.93. The molecule has 0 unspecified atom stereocenters. The van der Waals surface area contributed by atoms with Crippen molar-refractivity contribution in [1.29, 1.82) is 0 Å². The zero-order chi connectivity index (χ0) is 12.8. The molecule has 104 valence electrons. The second-order valence-corrected chi connectivity index (χ2v) is 6.01. The maximum absolute atomic E-state index is 11.8. The molecule has 18 heavy (non-hydrogen) atoms. The summed E-state index contributed by atoms with van der Waals surface area (Å²) in [6, 6.07) is 0.158. The fraction of sp³-hybridized carbons (Fsp3) is 0.917. The minimum Gasteiger partial charge on any atom is -0.381 e. The number of thioether (sulfide) groups is 1. The van der Waals surface area contributed by atoms with Crippen LogP contribution < -0.4 is 10.6 Å². The van der Waals surface area contributed by atoms with E-state index in [4.69, 9.17) is 9.47 Å². The van der Waals surface area contributed by atoms with Crippen molar-refractivity contribution < 1.29 is 14.3 Å². The van der Waals surface area contributed by atoms with Crippen molar-refractivity contribution in [2.45, 2.75) is 30.9 Å². The van der Waals surface area contributed by atoms with Gasteiger partial charge in [-0.05, 0) is 25.0 Å². The van der Waals surface area contributed by atoms with Crippen molar-refractivity contribution in [3.63, 3.8) is 0 Å². The molecule has 0 aromatic heterocycles. The molecule has 2 amide bonds. The third-order valence-corrected chi connectivity index (χ3v) is 4.85. The van der Waals surface area contributed by atoms with E-state index in [-0.39, 0.29) is 17.7 Å². The van der Waals surface area contributed by atoms with Crippen molar-refractivity contribution in [3.8, 4) is 0 Å². The van der Waals surface area contributed by atoms with Crippen LogP contribution in [0.3, 0.4) is 0 Å². The van der Waals surface area contributed by atoms with Gasteiger partial charge in [0.1, 0.15) is 0 Å². The van der Waals surface area contributed by atoms with Crippen LogP contribution in [0.25, 0.3) is 0 Å². The third-order valence-electron chi connectivity index (χ3n) is 3.63. The molecule has 0 aromatic carbocycles. The summed E-state index contributed by atoms with van der Waals surface area (Å²) in [5.41, 5.74) is -0.169. The molecule has 0 spiro atoms. The smallest absolute Gasteiger partial charge is 0.315 e. The summed E-state index contributed by atoms with van der Waals surface area (Å²) in [6.07, 6.45) is 2.81. The lowest BCUT2D eigenvalue weighted by Gasteiger charge is -2.28. The lowest BCUT2D eigenvalue weighted by atomic mass is 10.0. The fourth-order valence-electron chi connectivity index (χ4n) is 2.28. The molecule has 5 nitrogen and oxygen atoms in total. The normalized spacial score (nSPS) is 29.2. The van der Waals surface area contributed by atoms with Crippen LogP contribution >= 0.6 is 11.8 Å². The first-order valence-corrected chi connectivity index (χ1v) is 7.65. The van der Waals surface area contributed by atoms with Crippen LogP contribution in [0.2, 0.25) is 0 Å². The Morgan fingerprint density at radius 2 is 2.28 bits per heavy atom. The van der Waals surface area contributed by atoms with Gasteiger partial charge in [0.2, 0.25) is 0 Å². The van der Waals surface area contributed by atoms with Crippen molar-refractivity contribution in [2.75, 3.05) is 38.4 Å². The van der Waals surface area contributed by atoms with Crippen LogP contribution in [-0.4, -0.2) is 56.0 Å². The first kappa shape index (κ1) is 14.0. The van der Waals surface area contributed by atoms with E-state index in [1.807, 2.05) is 11.8 Å². The number of carbonyl (C=O) groups is 1. The van der Waals surface area contributed by atoms with Crippen LogP contribution in [0.4, 0.5) is 4.79 Å². The van der Waals surface area contributed by atoms with Crippen molar-refractivity contribution in [1.82, 2.24) is 10.6 Å². The highest BCUT2D eigenvalue weighted by molar-refractivity contribution is 7.99. The summed E-state index contributed by atoms with van der Waals surface area (Å²) in [7, 11) is 1.73. The fourth-order valence-corrected chi connectivity index (χ4v) is 3.68. The molecular formula is C12H22N2O3S. The molecule has 6 heteroatoms. The molecule has 0 aliphatic carbocycles. The van der Waals surface area contributed by atoms with Gasteiger partial charge in [-0.3, -0.25) is 0 Å². The van der Waals surface area contributed by atoms with Crippen LogP contribution in [0.5, 0.6) is 0 Å². The van der Waals surface area contributed by atoms with Gasteiger partial charge in [-0.2, -0.15) is 11.8 Å². The Hall–Kier alpha value is -0.460. The van der Waals surface area contributed by atoms with E-state index in [1.54, 1.807) is 7.11 Å². The number of ether oxygens (including phenoxy) is 2. The highest BCUT2D eigenvalue weighted by atomic mass is 32.2. The van der Waals surface area contributed by atoms with Crippen molar-refractivity contribution in [3.05, 3.63) is 0 Å². The third kappa shape index (κ3) is 3.76. The second kappa shape index (κ2) is 6.63. The number of urea groups is 1. The second-order valence-electron chi connectivity index (χ2n) is 4.90.